The number of para-hydroxylation sites is 1. The van der Waals surface area contributed by atoms with Gasteiger partial charge in [0, 0.05) is 30.0 Å². The number of rotatable bonds is 9. The second-order valence-electron chi connectivity index (χ2n) is 10.4. The second kappa shape index (κ2) is 12.4. The summed E-state index contributed by atoms with van der Waals surface area (Å²) in [5.74, 6) is 2.23. The summed E-state index contributed by atoms with van der Waals surface area (Å²) in [6, 6.07) is 27.7. The van der Waals surface area contributed by atoms with E-state index >= 15 is 0 Å². The predicted octanol–water partition coefficient (Wildman–Crippen LogP) is 8.75. The van der Waals surface area contributed by atoms with Gasteiger partial charge in [0.2, 0.25) is 0 Å². The molecule has 0 unspecified atom stereocenters. The van der Waals surface area contributed by atoms with E-state index in [0.29, 0.717) is 29.9 Å². The molecular formula is C34H30IN3O4. The van der Waals surface area contributed by atoms with Crippen molar-refractivity contribution in [3.63, 3.8) is 0 Å². The van der Waals surface area contributed by atoms with Gasteiger partial charge in [-0.2, -0.15) is 0 Å². The van der Waals surface area contributed by atoms with Crippen LogP contribution < -0.4 is 14.8 Å². The van der Waals surface area contributed by atoms with Crippen molar-refractivity contribution in [3.05, 3.63) is 133 Å². The molecule has 0 spiro atoms. The predicted molar refractivity (Wildman–Crippen MR) is 174 cm³/mol. The van der Waals surface area contributed by atoms with E-state index in [4.69, 9.17) is 14.5 Å². The molecule has 0 saturated carbocycles. The van der Waals surface area contributed by atoms with Crippen LogP contribution in [0.15, 0.2) is 102 Å². The number of nitrogens with zero attached hydrogens (tertiary/aromatic N) is 2. The van der Waals surface area contributed by atoms with Crippen LogP contribution in [0.5, 0.6) is 11.5 Å². The first-order valence-electron chi connectivity index (χ1n) is 14.0. The Balaban J connectivity index is 1.16. The van der Waals surface area contributed by atoms with Gasteiger partial charge in [0.25, 0.3) is 5.69 Å². The highest BCUT2D eigenvalue weighted by Crippen LogP contribution is 2.49. The quantitative estimate of drug-likeness (QED) is 0.0633. The zero-order valence-electron chi connectivity index (χ0n) is 23.1. The maximum atomic E-state index is 10.9. The molecule has 212 valence electrons. The Morgan fingerprint density at radius 1 is 1.05 bits per heavy atom. The number of hydrogen-bond donors (Lipinski definition) is 1. The smallest absolute Gasteiger partial charge is 0.269 e. The van der Waals surface area contributed by atoms with Gasteiger partial charge in [-0.1, -0.05) is 42.5 Å². The fourth-order valence-electron chi connectivity index (χ4n) is 5.73. The van der Waals surface area contributed by atoms with Gasteiger partial charge in [-0.05, 0) is 107 Å². The van der Waals surface area contributed by atoms with E-state index < -0.39 is 4.92 Å². The van der Waals surface area contributed by atoms with E-state index in [1.54, 1.807) is 12.1 Å². The Labute approximate surface area is 258 Å². The molecule has 2 aliphatic rings. The summed E-state index contributed by atoms with van der Waals surface area (Å²) in [6.07, 6.45) is 7.59. The molecule has 0 amide bonds. The molecule has 4 aromatic carbocycles. The summed E-state index contributed by atoms with van der Waals surface area (Å²) in [5.41, 5.74) is 6.54. The zero-order chi connectivity index (χ0) is 29.1. The number of allylic oxidation sites excluding steroid dienone is 2. The van der Waals surface area contributed by atoms with Gasteiger partial charge in [-0.25, -0.2) is 0 Å². The van der Waals surface area contributed by atoms with Crippen LogP contribution in [-0.4, -0.2) is 17.7 Å². The molecule has 0 radical (unpaired) electrons. The first-order valence-corrected chi connectivity index (χ1v) is 15.1. The summed E-state index contributed by atoms with van der Waals surface area (Å²) >= 11 is 2.24. The van der Waals surface area contributed by atoms with Gasteiger partial charge in [0.15, 0.2) is 11.5 Å². The molecule has 0 saturated heterocycles. The summed E-state index contributed by atoms with van der Waals surface area (Å²) in [5, 5.41) is 14.7. The van der Waals surface area contributed by atoms with Gasteiger partial charge >= 0.3 is 0 Å². The molecule has 42 heavy (non-hydrogen) atoms. The Morgan fingerprint density at radius 2 is 1.83 bits per heavy atom. The number of halogens is 1. The molecule has 0 aromatic heterocycles. The number of nitrogens with one attached hydrogen (secondary N) is 1. The van der Waals surface area contributed by atoms with Gasteiger partial charge < -0.3 is 14.8 Å². The molecule has 1 aliphatic carbocycles. The van der Waals surface area contributed by atoms with Crippen LogP contribution >= 0.6 is 22.6 Å². The largest absolute Gasteiger partial charge is 0.490 e. The Hall–Kier alpha value is -4.18. The third-order valence-electron chi connectivity index (χ3n) is 7.75. The minimum Gasteiger partial charge on any atom is -0.490 e. The molecule has 6 rings (SSSR count). The molecule has 7 nitrogen and oxygen atoms in total. The molecule has 0 fully saturated rings. The van der Waals surface area contributed by atoms with E-state index in [1.807, 2.05) is 25.3 Å². The highest BCUT2D eigenvalue weighted by molar-refractivity contribution is 14.1. The van der Waals surface area contributed by atoms with Crippen molar-refractivity contribution in [1.82, 2.24) is 0 Å². The lowest BCUT2D eigenvalue weighted by atomic mass is 9.77. The molecule has 4 aromatic rings. The lowest BCUT2D eigenvalue weighted by molar-refractivity contribution is -0.384. The second-order valence-corrected chi connectivity index (χ2v) is 11.5. The lowest BCUT2D eigenvalue weighted by Gasteiger charge is -2.37. The van der Waals surface area contributed by atoms with Gasteiger partial charge in [0.05, 0.1) is 26.8 Å². The van der Waals surface area contributed by atoms with E-state index in [9.17, 15) is 10.1 Å². The molecule has 8 heteroatoms. The van der Waals surface area contributed by atoms with Crippen molar-refractivity contribution in [2.45, 2.75) is 31.9 Å². The Morgan fingerprint density at radius 3 is 2.60 bits per heavy atom. The highest BCUT2D eigenvalue weighted by Gasteiger charge is 2.37. The first-order chi connectivity index (χ1) is 20.5. The van der Waals surface area contributed by atoms with Crippen LogP contribution in [0.1, 0.15) is 47.6 Å². The number of nitro benzene ring substituents is 1. The average molecular weight is 672 g/mol. The van der Waals surface area contributed by atoms with Crippen molar-refractivity contribution in [2.24, 2.45) is 10.9 Å². The van der Waals surface area contributed by atoms with Crippen LogP contribution in [-0.2, 0) is 6.61 Å². The van der Waals surface area contributed by atoms with Crippen LogP contribution in [0.4, 0.5) is 17.1 Å². The number of benzene rings is 4. The summed E-state index contributed by atoms with van der Waals surface area (Å²) in [7, 11) is 0. The monoisotopic (exact) mass is 671 g/mol. The maximum Gasteiger partial charge on any atom is 0.269 e. The van der Waals surface area contributed by atoms with Crippen LogP contribution in [0, 0.1) is 19.6 Å². The van der Waals surface area contributed by atoms with Crippen molar-refractivity contribution < 1.29 is 14.4 Å². The minimum atomic E-state index is -0.412. The summed E-state index contributed by atoms with van der Waals surface area (Å²) in [6.45, 7) is 2.69. The number of nitro groups is 1. The number of hydrogen-bond acceptors (Lipinski definition) is 6. The zero-order valence-corrected chi connectivity index (χ0v) is 25.2. The third kappa shape index (κ3) is 5.90. The normalized spacial score (nSPS) is 18.8. The van der Waals surface area contributed by atoms with Crippen molar-refractivity contribution in [2.75, 3.05) is 11.9 Å². The van der Waals surface area contributed by atoms with Crippen molar-refractivity contribution >= 4 is 45.9 Å². The highest BCUT2D eigenvalue weighted by atomic mass is 127. The molecule has 1 N–H and O–H groups in total. The molecule has 1 aliphatic heterocycles. The number of non-ortho nitro benzene ring substituents is 1. The SMILES string of the molecule is CCOc1cc(C=Nc2ccc([C@@H]3Nc4ccccc4[C@H]4C=CC[C@H]43)cc2)cc(I)c1OCc1ccc([N+](=O)[O-])cc1. The molecule has 0 bridgehead atoms. The van der Waals surface area contributed by atoms with Gasteiger partial charge in [-0.3, -0.25) is 15.1 Å². The number of anilines is 1. The van der Waals surface area contributed by atoms with E-state index in [0.717, 1.165) is 26.8 Å². The lowest BCUT2D eigenvalue weighted by Crippen LogP contribution is -2.28. The summed E-state index contributed by atoms with van der Waals surface area (Å²) in [4.78, 5) is 15.3. The minimum absolute atomic E-state index is 0.0535. The van der Waals surface area contributed by atoms with E-state index in [2.05, 4.69) is 88.6 Å². The van der Waals surface area contributed by atoms with E-state index in [-0.39, 0.29) is 18.3 Å². The first kappa shape index (κ1) is 28.0. The molecule has 1 heterocycles. The fourth-order valence-corrected chi connectivity index (χ4v) is 6.51. The number of fused-ring (bicyclic) bond motifs is 3. The summed E-state index contributed by atoms with van der Waals surface area (Å²) < 4.78 is 12.9. The molecular weight excluding hydrogens is 641 g/mol. The van der Waals surface area contributed by atoms with Crippen molar-refractivity contribution in [1.29, 1.82) is 0 Å². The maximum absolute atomic E-state index is 10.9. The third-order valence-corrected chi connectivity index (χ3v) is 8.55. The Kier molecular flexibility index (Phi) is 8.23. The number of aliphatic imine (C=N–C) groups is 1. The van der Waals surface area contributed by atoms with Crippen LogP contribution in [0.3, 0.4) is 0 Å². The van der Waals surface area contributed by atoms with Gasteiger partial charge in [0.1, 0.15) is 6.61 Å². The van der Waals surface area contributed by atoms with E-state index in [1.165, 1.54) is 28.9 Å². The fraction of sp³-hybridized carbons (Fsp3) is 0.206. The molecule has 3 atom stereocenters. The Bertz CT molecular complexity index is 1650. The number of ether oxygens (including phenoxy) is 2. The van der Waals surface area contributed by atoms with Crippen LogP contribution in [0.25, 0.3) is 0 Å². The van der Waals surface area contributed by atoms with Gasteiger partial charge in [-0.15, -0.1) is 0 Å². The topological polar surface area (TPSA) is 86.0 Å². The van der Waals surface area contributed by atoms with Crippen LogP contribution in [0.2, 0.25) is 0 Å². The standard InChI is InChI=1S/C34H30IN3O4/c1-2-41-32-19-23(18-30(35)34(32)42-21-22-10-16-26(17-11-22)38(39)40)20-36-25-14-12-24(13-15-25)33-29-8-5-7-27(29)28-6-3-4-9-31(28)37-33/h3-7,9-20,27,29,33,37H,2,8,21H2,1H3/t27-,29-,33+/m1/s1. The average Bonchev–Trinajstić information content (AvgIpc) is 3.50. The van der Waals surface area contributed by atoms with Crippen molar-refractivity contribution in [3.8, 4) is 11.5 Å².